The van der Waals surface area contributed by atoms with Crippen molar-refractivity contribution < 1.29 is 9.47 Å². The molecule has 0 saturated carbocycles. The molecule has 0 aromatic heterocycles. The number of thiocarbonyl (C=S) groups is 1. The van der Waals surface area contributed by atoms with Crippen molar-refractivity contribution >= 4 is 23.0 Å². The van der Waals surface area contributed by atoms with E-state index in [1.54, 1.807) is 7.11 Å². The second-order valence-corrected chi connectivity index (χ2v) is 6.19. The highest BCUT2D eigenvalue weighted by Crippen LogP contribution is 2.25. The van der Waals surface area contributed by atoms with E-state index in [1.165, 1.54) is 5.56 Å². The maximum Gasteiger partial charge on any atom is 0.171 e. The summed E-state index contributed by atoms with van der Waals surface area (Å²) in [6, 6.07) is 13.9. The highest BCUT2D eigenvalue weighted by molar-refractivity contribution is 7.80. The molecule has 24 heavy (non-hydrogen) atoms. The fourth-order valence-corrected chi connectivity index (χ4v) is 2.64. The summed E-state index contributed by atoms with van der Waals surface area (Å²) in [5, 5.41) is 7.04. The number of rotatable bonds is 6. The van der Waals surface area contributed by atoms with Gasteiger partial charge in [0.15, 0.2) is 16.6 Å². The molecule has 2 N–H and O–H groups in total. The van der Waals surface area contributed by atoms with Crippen LogP contribution < -0.4 is 20.1 Å². The molecular weight excluding hydrogens is 320 g/mol. The molecule has 128 valence electrons. The molecule has 0 fully saturated rings. The molecule has 5 heteroatoms. The van der Waals surface area contributed by atoms with Crippen LogP contribution in [0.3, 0.4) is 0 Å². The largest absolute Gasteiger partial charge is 0.493 e. The van der Waals surface area contributed by atoms with Gasteiger partial charge in [0, 0.05) is 5.69 Å². The first-order valence-electron chi connectivity index (χ1n) is 7.90. The molecule has 0 heterocycles. The Bertz CT molecular complexity index is 704. The summed E-state index contributed by atoms with van der Waals surface area (Å²) in [6.45, 7) is 6.64. The van der Waals surface area contributed by atoms with Gasteiger partial charge in [0.25, 0.3) is 0 Å². The molecule has 0 aliphatic heterocycles. The maximum absolute atomic E-state index is 5.81. The van der Waals surface area contributed by atoms with Crippen LogP contribution in [0.5, 0.6) is 11.5 Å². The van der Waals surface area contributed by atoms with Gasteiger partial charge in [-0.15, -0.1) is 0 Å². The first-order chi connectivity index (χ1) is 11.5. The minimum atomic E-state index is 0.0562. The predicted octanol–water partition coefficient (Wildman–Crippen LogP) is 4.07. The minimum Gasteiger partial charge on any atom is -0.493 e. The third-order valence-electron chi connectivity index (χ3n) is 3.57. The van der Waals surface area contributed by atoms with Crippen molar-refractivity contribution in [3.05, 3.63) is 53.6 Å². The number of hydrogen-bond acceptors (Lipinski definition) is 3. The van der Waals surface area contributed by atoms with E-state index in [1.807, 2.05) is 37.3 Å². The molecule has 0 spiro atoms. The van der Waals surface area contributed by atoms with Crippen LogP contribution in [0.15, 0.2) is 42.5 Å². The Kier molecular flexibility index (Phi) is 6.44. The average molecular weight is 344 g/mol. The van der Waals surface area contributed by atoms with E-state index in [-0.39, 0.29) is 6.04 Å². The van der Waals surface area contributed by atoms with Gasteiger partial charge in [0.2, 0.25) is 0 Å². The number of nitrogens with one attached hydrogen (secondary N) is 2. The van der Waals surface area contributed by atoms with Gasteiger partial charge in [-0.1, -0.05) is 29.8 Å². The first kappa shape index (κ1) is 18.1. The van der Waals surface area contributed by atoms with Gasteiger partial charge < -0.3 is 20.1 Å². The van der Waals surface area contributed by atoms with E-state index >= 15 is 0 Å². The Morgan fingerprint density at radius 1 is 1.12 bits per heavy atom. The van der Waals surface area contributed by atoms with Crippen LogP contribution in [0, 0.1) is 13.8 Å². The zero-order chi connectivity index (χ0) is 17.5. The lowest BCUT2D eigenvalue weighted by molar-refractivity contribution is 0.270. The summed E-state index contributed by atoms with van der Waals surface area (Å²) in [5.41, 5.74) is 3.41. The lowest BCUT2D eigenvalue weighted by Crippen LogP contribution is -2.39. The highest BCUT2D eigenvalue weighted by Gasteiger charge is 2.09. The van der Waals surface area contributed by atoms with Crippen molar-refractivity contribution in [3.8, 4) is 11.5 Å². The average Bonchev–Trinajstić information content (AvgIpc) is 2.55. The molecule has 0 aliphatic carbocycles. The first-order valence-corrected chi connectivity index (χ1v) is 8.31. The summed E-state index contributed by atoms with van der Waals surface area (Å²) in [7, 11) is 1.63. The molecular formula is C19H24N2O2S. The number of anilines is 1. The van der Waals surface area contributed by atoms with Crippen molar-refractivity contribution in [3.63, 3.8) is 0 Å². The number of aryl methyl sites for hydroxylation is 2. The SMILES string of the molecule is COc1ccccc1OC[C@@H](C)NC(=S)Nc1ccc(C)cc1C. The summed E-state index contributed by atoms with van der Waals surface area (Å²) in [4.78, 5) is 0. The Labute approximate surface area is 149 Å². The fraction of sp³-hybridized carbons (Fsp3) is 0.316. The van der Waals surface area contributed by atoms with Crippen LogP contribution >= 0.6 is 12.2 Å². The Morgan fingerprint density at radius 2 is 1.83 bits per heavy atom. The van der Waals surface area contributed by atoms with Gasteiger partial charge in [-0.2, -0.15) is 0 Å². The molecule has 1 atom stereocenters. The van der Waals surface area contributed by atoms with E-state index in [0.29, 0.717) is 11.7 Å². The van der Waals surface area contributed by atoms with Crippen LogP contribution in [0.4, 0.5) is 5.69 Å². The van der Waals surface area contributed by atoms with Crippen LogP contribution in [-0.2, 0) is 0 Å². The van der Waals surface area contributed by atoms with Crippen LogP contribution in [0.2, 0.25) is 0 Å². The summed E-state index contributed by atoms with van der Waals surface area (Å²) >= 11 is 5.38. The quantitative estimate of drug-likeness (QED) is 0.774. The number of benzene rings is 2. The second kappa shape index (κ2) is 8.55. The van der Waals surface area contributed by atoms with E-state index < -0.39 is 0 Å². The van der Waals surface area contributed by atoms with Crippen molar-refractivity contribution in [1.82, 2.24) is 5.32 Å². The lowest BCUT2D eigenvalue weighted by atomic mass is 10.1. The Hall–Kier alpha value is -2.27. The Balaban J connectivity index is 1.85. The van der Waals surface area contributed by atoms with Gasteiger partial charge in [-0.05, 0) is 56.8 Å². The van der Waals surface area contributed by atoms with Gasteiger partial charge in [0.05, 0.1) is 13.2 Å². The maximum atomic E-state index is 5.81. The monoisotopic (exact) mass is 344 g/mol. The molecule has 2 rings (SSSR count). The van der Waals surface area contributed by atoms with Crippen LogP contribution in [0.25, 0.3) is 0 Å². The summed E-state index contributed by atoms with van der Waals surface area (Å²) in [6.07, 6.45) is 0. The van der Waals surface area contributed by atoms with Crippen molar-refractivity contribution in [1.29, 1.82) is 0 Å². The zero-order valence-electron chi connectivity index (χ0n) is 14.6. The van der Waals surface area contributed by atoms with E-state index in [4.69, 9.17) is 21.7 Å². The number of hydrogen-bond donors (Lipinski definition) is 2. The summed E-state index contributed by atoms with van der Waals surface area (Å²) in [5.74, 6) is 1.45. The normalized spacial score (nSPS) is 11.5. The van der Waals surface area contributed by atoms with E-state index in [9.17, 15) is 0 Å². The molecule has 0 radical (unpaired) electrons. The molecule has 0 bridgehead atoms. The van der Waals surface area contributed by atoms with Gasteiger partial charge >= 0.3 is 0 Å². The number of methoxy groups -OCH3 is 1. The molecule has 0 aliphatic rings. The lowest BCUT2D eigenvalue weighted by Gasteiger charge is -2.19. The topological polar surface area (TPSA) is 42.5 Å². The highest BCUT2D eigenvalue weighted by atomic mass is 32.1. The molecule has 2 aromatic carbocycles. The summed E-state index contributed by atoms with van der Waals surface area (Å²) < 4.78 is 11.1. The second-order valence-electron chi connectivity index (χ2n) is 5.78. The third kappa shape index (κ3) is 5.13. The van der Waals surface area contributed by atoms with Crippen molar-refractivity contribution in [2.24, 2.45) is 0 Å². The zero-order valence-corrected chi connectivity index (χ0v) is 15.4. The molecule has 2 aromatic rings. The number of ether oxygens (including phenoxy) is 2. The standard InChI is InChI=1S/C19H24N2O2S/c1-13-9-10-16(14(2)11-13)21-19(24)20-15(3)12-23-18-8-6-5-7-17(18)22-4/h5-11,15H,12H2,1-4H3,(H2,20,21,24)/t15-/m1/s1. The van der Waals surface area contributed by atoms with E-state index in [2.05, 4.69) is 36.6 Å². The number of para-hydroxylation sites is 2. The third-order valence-corrected chi connectivity index (χ3v) is 3.79. The molecule has 4 nitrogen and oxygen atoms in total. The van der Waals surface area contributed by atoms with Crippen molar-refractivity contribution in [2.75, 3.05) is 19.0 Å². The minimum absolute atomic E-state index is 0.0562. The van der Waals surface area contributed by atoms with Gasteiger partial charge in [-0.25, -0.2) is 0 Å². The molecule has 0 saturated heterocycles. The van der Waals surface area contributed by atoms with Crippen molar-refractivity contribution in [2.45, 2.75) is 26.8 Å². The van der Waals surface area contributed by atoms with E-state index in [0.717, 1.165) is 22.7 Å². The van der Waals surface area contributed by atoms with Crippen LogP contribution in [0.1, 0.15) is 18.1 Å². The predicted molar refractivity (Wildman–Crippen MR) is 103 cm³/mol. The smallest absolute Gasteiger partial charge is 0.171 e. The van der Waals surface area contributed by atoms with Gasteiger partial charge in [-0.3, -0.25) is 0 Å². The van der Waals surface area contributed by atoms with Crippen LogP contribution in [-0.4, -0.2) is 24.9 Å². The fourth-order valence-electron chi connectivity index (χ4n) is 2.33. The Morgan fingerprint density at radius 3 is 2.50 bits per heavy atom. The molecule has 0 amide bonds. The molecule has 0 unspecified atom stereocenters. The van der Waals surface area contributed by atoms with Gasteiger partial charge in [0.1, 0.15) is 6.61 Å².